The van der Waals surface area contributed by atoms with E-state index in [0.29, 0.717) is 0 Å². The van der Waals surface area contributed by atoms with Crippen LogP contribution in [0.5, 0.6) is 0 Å². The van der Waals surface area contributed by atoms with Crippen molar-refractivity contribution in [2.75, 3.05) is 6.26 Å². The van der Waals surface area contributed by atoms with Crippen LogP contribution in [0.1, 0.15) is 11.1 Å². The molecule has 1 aromatic carbocycles. The summed E-state index contributed by atoms with van der Waals surface area (Å²) in [5, 5.41) is 0. The Morgan fingerprint density at radius 3 is 1.71 bits per heavy atom. The quantitative estimate of drug-likeness (QED) is 0.548. The maximum absolute atomic E-state index is 13.1. The third-order valence-corrected chi connectivity index (χ3v) is 2.44. The van der Waals surface area contributed by atoms with E-state index in [9.17, 15) is 17.6 Å². The van der Waals surface area contributed by atoms with Crippen LogP contribution in [0.15, 0.2) is 0 Å². The van der Waals surface area contributed by atoms with Crippen molar-refractivity contribution in [2.24, 2.45) is 0 Å². The molecule has 0 aromatic heterocycles. The second-order valence-electron chi connectivity index (χ2n) is 2.79. The van der Waals surface area contributed by atoms with Gasteiger partial charge in [-0.15, -0.1) is 0 Å². The lowest BCUT2D eigenvalue weighted by atomic mass is 10.1. The molecule has 0 saturated carbocycles. The molecule has 0 bridgehead atoms. The van der Waals surface area contributed by atoms with Crippen molar-refractivity contribution in [3.8, 4) is 0 Å². The van der Waals surface area contributed by atoms with Gasteiger partial charge >= 0.3 is 0 Å². The minimum atomic E-state index is -1.31. The SMILES string of the molecule is CSCc1c(F)c(F)c(C)c(F)c1F. The van der Waals surface area contributed by atoms with Crippen molar-refractivity contribution < 1.29 is 17.6 Å². The van der Waals surface area contributed by atoms with Gasteiger partial charge in [-0.1, -0.05) is 0 Å². The van der Waals surface area contributed by atoms with Gasteiger partial charge in [0.25, 0.3) is 0 Å². The number of hydrogen-bond acceptors (Lipinski definition) is 1. The number of benzene rings is 1. The summed E-state index contributed by atoms with van der Waals surface area (Å²) in [5.74, 6) is -5.31. The third kappa shape index (κ3) is 1.73. The second kappa shape index (κ2) is 4.21. The van der Waals surface area contributed by atoms with Crippen LogP contribution in [0.2, 0.25) is 0 Å². The summed E-state index contributed by atoms with van der Waals surface area (Å²) in [7, 11) is 0. The van der Waals surface area contributed by atoms with Crippen molar-refractivity contribution >= 4 is 11.8 Å². The first-order valence-corrected chi connectivity index (χ1v) is 5.20. The minimum absolute atomic E-state index is 0.0915. The first-order valence-electron chi connectivity index (χ1n) is 3.81. The van der Waals surface area contributed by atoms with E-state index < -0.39 is 34.4 Å². The zero-order valence-electron chi connectivity index (χ0n) is 7.63. The van der Waals surface area contributed by atoms with E-state index in [1.54, 1.807) is 6.26 Å². The molecule has 0 saturated heterocycles. The van der Waals surface area contributed by atoms with Gasteiger partial charge in [0.15, 0.2) is 23.3 Å². The zero-order valence-corrected chi connectivity index (χ0v) is 8.44. The Balaban J connectivity index is 3.43. The van der Waals surface area contributed by atoms with E-state index in [0.717, 1.165) is 18.7 Å². The number of hydrogen-bond donors (Lipinski definition) is 0. The fraction of sp³-hybridized carbons (Fsp3) is 0.333. The molecule has 0 fully saturated rings. The molecule has 14 heavy (non-hydrogen) atoms. The van der Waals surface area contributed by atoms with Gasteiger partial charge in [-0.05, 0) is 13.2 Å². The Labute approximate surface area is 83.3 Å². The molecular formula is C9H8F4S. The fourth-order valence-electron chi connectivity index (χ4n) is 1.06. The Morgan fingerprint density at radius 1 is 0.929 bits per heavy atom. The standard InChI is InChI=1S/C9H8F4S/c1-4-6(10)8(12)5(3-14-2)9(13)7(4)11/h3H2,1-2H3. The van der Waals surface area contributed by atoms with E-state index in [2.05, 4.69) is 0 Å². The Morgan fingerprint density at radius 2 is 1.36 bits per heavy atom. The normalized spacial score (nSPS) is 10.7. The third-order valence-electron chi connectivity index (χ3n) is 1.86. The monoisotopic (exact) mass is 224 g/mol. The molecule has 0 radical (unpaired) electrons. The Bertz CT molecular complexity index is 333. The molecule has 0 aliphatic heterocycles. The summed E-state index contributed by atoms with van der Waals surface area (Å²) in [6.07, 6.45) is 1.59. The lowest BCUT2D eigenvalue weighted by molar-refractivity contribution is 0.436. The molecular weight excluding hydrogens is 216 g/mol. The predicted octanol–water partition coefficient (Wildman–Crippen LogP) is 3.41. The average molecular weight is 224 g/mol. The van der Waals surface area contributed by atoms with E-state index in [1.165, 1.54) is 0 Å². The maximum atomic E-state index is 13.1. The Kier molecular flexibility index (Phi) is 3.42. The van der Waals surface area contributed by atoms with Crippen molar-refractivity contribution in [1.29, 1.82) is 0 Å². The lowest BCUT2D eigenvalue weighted by Gasteiger charge is -2.07. The molecule has 0 nitrogen and oxygen atoms in total. The fourth-order valence-corrected chi connectivity index (χ4v) is 1.60. The van der Waals surface area contributed by atoms with Crippen LogP contribution in [-0.4, -0.2) is 6.26 Å². The van der Waals surface area contributed by atoms with Crippen molar-refractivity contribution in [2.45, 2.75) is 12.7 Å². The molecule has 0 aliphatic rings. The van der Waals surface area contributed by atoms with Crippen molar-refractivity contribution in [3.63, 3.8) is 0 Å². The number of rotatable bonds is 2. The second-order valence-corrected chi connectivity index (χ2v) is 3.66. The predicted molar refractivity (Wildman–Crippen MR) is 48.2 cm³/mol. The van der Waals surface area contributed by atoms with Gasteiger partial charge in [-0.25, -0.2) is 17.6 Å². The van der Waals surface area contributed by atoms with E-state index >= 15 is 0 Å². The smallest absolute Gasteiger partial charge is 0.166 e. The average Bonchev–Trinajstić information content (AvgIpc) is 2.19. The van der Waals surface area contributed by atoms with Crippen LogP contribution in [-0.2, 0) is 5.75 Å². The van der Waals surface area contributed by atoms with Gasteiger partial charge in [-0.3, -0.25) is 0 Å². The van der Waals surface area contributed by atoms with Crippen LogP contribution >= 0.6 is 11.8 Å². The van der Waals surface area contributed by atoms with Crippen molar-refractivity contribution in [1.82, 2.24) is 0 Å². The van der Waals surface area contributed by atoms with Gasteiger partial charge in [-0.2, -0.15) is 11.8 Å². The molecule has 0 spiro atoms. The molecule has 0 atom stereocenters. The van der Waals surface area contributed by atoms with Crippen LogP contribution in [0, 0.1) is 30.2 Å². The summed E-state index contributed by atoms with van der Waals surface area (Å²) >= 11 is 1.09. The molecule has 5 heteroatoms. The van der Waals surface area contributed by atoms with E-state index in [-0.39, 0.29) is 5.75 Å². The van der Waals surface area contributed by atoms with Crippen LogP contribution in [0.3, 0.4) is 0 Å². The van der Waals surface area contributed by atoms with E-state index in [1.807, 2.05) is 0 Å². The van der Waals surface area contributed by atoms with Crippen LogP contribution in [0.4, 0.5) is 17.6 Å². The molecule has 0 aliphatic carbocycles. The highest BCUT2D eigenvalue weighted by molar-refractivity contribution is 7.97. The maximum Gasteiger partial charge on any atom is 0.166 e. The summed E-state index contributed by atoms with van der Waals surface area (Å²) in [6, 6.07) is 0. The molecule has 0 N–H and O–H groups in total. The highest BCUT2D eigenvalue weighted by Crippen LogP contribution is 2.25. The van der Waals surface area contributed by atoms with Gasteiger partial charge < -0.3 is 0 Å². The Hall–Kier alpha value is -0.710. The van der Waals surface area contributed by atoms with Gasteiger partial charge in [0.2, 0.25) is 0 Å². The zero-order chi connectivity index (χ0) is 10.9. The highest BCUT2D eigenvalue weighted by Gasteiger charge is 2.22. The van der Waals surface area contributed by atoms with Gasteiger partial charge in [0, 0.05) is 16.9 Å². The molecule has 78 valence electrons. The number of halogens is 4. The minimum Gasteiger partial charge on any atom is -0.203 e. The van der Waals surface area contributed by atoms with Crippen LogP contribution < -0.4 is 0 Å². The van der Waals surface area contributed by atoms with Gasteiger partial charge in [0.1, 0.15) is 0 Å². The summed E-state index contributed by atoms with van der Waals surface area (Å²) in [5.41, 5.74) is -1.16. The number of thioether (sulfide) groups is 1. The van der Waals surface area contributed by atoms with Crippen LogP contribution in [0.25, 0.3) is 0 Å². The highest BCUT2D eigenvalue weighted by atomic mass is 32.2. The largest absolute Gasteiger partial charge is 0.203 e. The molecule has 0 amide bonds. The molecule has 0 unspecified atom stereocenters. The molecule has 0 heterocycles. The molecule has 1 rings (SSSR count). The topological polar surface area (TPSA) is 0 Å². The first kappa shape index (κ1) is 11.4. The summed E-state index contributed by atoms with van der Waals surface area (Å²) in [4.78, 5) is 0. The first-order chi connectivity index (χ1) is 6.50. The molecule has 1 aromatic rings. The summed E-state index contributed by atoms with van der Waals surface area (Å²) in [6.45, 7) is 1.000. The van der Waals surface area contributed by atoms with Gasteiger partial charge in [0.05, 0.1) is 0 Å². The van der Waals surface area contributed by atoms with E-state index in [4.69, 9.17) is 0 Å². The lowest BCUT2D eigenvalue weighted by Crippen LogP contribution is -2.05. The van der Waals surface area contributed by atoms with Crippen molar-refractivity contribution in [3.05, 3.63) is 34.4 Å². The summed E-state index contributed by atoms with van der Waals surface area (Å²) < 4.78 is 52.1.